The highest BCUT2D eigenvalue weighted by Crippen LogP contribution is 2.64. The molecule has 0 spiro atoms. The molecule has 0 amide bonds. The molecule has 0 aromatic heterocycles. The van der Waals surface area contributed by atoms with Crippen molar-refractivity contribution in [3.8, 4) is 0 Å². The molecule has 23 heavy (non-hydrogen) atoms. The molecule has 128 valence electrons. The zero-order valence-electron chi connectivity index (χ0n) is 17.7. The van der Waals surface area contributed by atoms with Crippen LogP contribution in [0.4, 0.5) is 0 Å². The molecule has 2 heteroatoms. The standard InChI is InChI=1S/C21H32O2/c1-4-23-15-9-11-20(2)14(13-15)5-6-16-17-7-8-19(22)21(17,3)12-10-18(16)20/h5,13,16-19,22H,4,6-12H2,1-3H3/t16-,17-,18-,19?,20-,21-/m1/s1/i8D2,19D. The first-order valence-corrected chi connectivity index (χ1v) is 9.33. The van der Waals surface area contributed by atoms with Gasteiger partial charge in [-0.3, -0.25) is 0 Å². The van der Waals surface area contributed by atoms with Gasteiger partial charge in [0.05, 0.1) is 19.8 Å². The van der Waals surface area contributed by atoms with E-state index in [2.05, 4.69) is 19.1 Å². The van der Waals surface area contributed by atoms with Crippen LogP contribution < -0.4 is 0 Å². The summed E-state index contributed by atoms with van der Waals surface area (Å²) in [6.07, 6.45) is 5.75. The van der Waals surface area contributed by atoms with Crippen molar-refractivity contribution in [3.63, 3.8) is 0 Å². The van der Waals surface area contributed by atoms with Gasteiger partial charge in [0.15, 0.2) is 0 Å². The van der Waals surface area contributed by atoms with E-state index in [-0.39, 0.29) is 11.3 Å². The minimum atomic E-state index is -1.99. The molecule has 0 aliphatic heterocycles. The van der Waals surface area contributed by atoms with E-state index in [1.54, 1.807) is 0 Å². The van der Waals surface area contributed by atoms with Crippen LogP contribution in [0.5, 0.6) is 0 Å². The molecule has 4 aliphatic carbocycles. The molecule has 2 nitrogen and oxygen atoms in total. The van der Waals surface area contributed by atoms with Gasteiger partial charge in [-0.15, -0.1) is 0 Å². The van der Waals surface area contributed by atoms with Gasteiger partial charge in [0.1, 0.15) is 0 Å². The van der Waals surface area contributed by atoms with E-state index in [1.165, 1.54) is 5.57 Å². The van der Waals surface area contributed by atoms with Crippen molar-refractivity contribution in [1.29, 1.82) is 0 Å². The summed E-state index contributed by atoms with van der Waals surface area (Å²) in [5.41, 5.74) is 0.847. The van der Waals surface area contributed by atoms with Crippen LogP contribution in [0.3, 0.4) is 0 Å². The lowest BCUT2D eigenvalue weighted by atomic mass is 9.48. The molecular formula is C21H32O2. The van der Waals surface area contributed by atoms with Gasteiger partial charge in [0.25, 0.3) is 0 Å². The maximum absolute atomic E-state index is 10.8. The van der Waals surface area contributed by atoms with E-state index in [4.69, 9.17) is 8.85 Å². The van der Waals surface area contributed by atoms with Crippen molar-refractivity contribution in [2.45, 2.75) is 71.7 Å². The summed E-state index contributed by atoms with van der Waals surface area (Å²) in [4.78, 5) is 0. The first kappa shape index (κ1) is 12.6. The van der Waals surface area contributed by atoms with Crippen molar-refractivity contribution in [3.05, 3.63) is 23.5 Å². The summed E-state index contributed by atoms with van der Waals surface area (Å²) in [7, 11) is 0. The van der Waals surface area contributed by atoms with Crippen molar-refractivity contribution in [2.75, 3.05) is 6.61 Å². The predicted octanol–water partition coefficient (Wildman–Crippen LogP) is 4.84. The van der Waals surface area contributed by atoms with Crippen molar-refractivity contribution in [1.82, 2.24) is 0 Å². The highest BCUT2D eigenvalue weighted by atomic mass is 16.5. The molecule has 0 heterocycles. The second-order valence-corrected chi connectivity index (χ2v) is 8.42. The Hall–Kier alpha value is -0.760. The van der Waals surface area contributed by atoms with Gasteiger partial charge < -0.3 is 9.84 Å². The number of fused-ring (bicyclic) bond motifs is 5. The second-order valence-electron chi connectivity index (χ2n) is 8.42. The zero-order chi connectivity index (χ0) is 19.0. The molecule has 0 radical (unpaired) electrons. The van der Waals surface area contributed by atoms with Crippen LogP contribution in [0.2, 0.25) is 0 Å². The molecule has 2 saturated carbocycles. The summed E-state index contributed by atoms with van der Waals surface area (Å²) in [6, 6.07) is 0. The molecule has 0 bridgehead atoms. The fourth-order valence-corrected chi connectivity index (χ4v) is 6.00. The highest BCUT2D eigenvalue weighted by molar-refractivity contribution is 5.35. The first-order valence-electron chi connectivity index (χ1n) is 10.8. The van der Waals surface area contributed by atoms with E-state index < -0.39 is 17.9 Å². The molecule has 0 aromatic carbocycles. The third-order valence-electron chi connectivity index (χ3n) is 7.48. The molecule has 4 rings (SSSR count). The maximum Gasteiger partial charge on any atom is 0.0962 e. The summed E-state index contributed by atoms with van der Waals surface area (Å²) < 4.78 is 30.8. The Labute approximate surface area is 145 Å². The summed E-state index contributed by atoms with van der Waals surface area (Å²) >= 11 is 0. The van der Waals surface area contributed by atoms with Crippen molar-refractivity contribution < 1.29 is 14.0 Å². The number of ether oxygens (including phenoxy) is 1. The van der Waals surface area contributed by atoms with Crippen LogP contribution in [0.25, 0.3) is 0 Å². The number of rotatable bonds is 2. The number of hydrogen-bond acceptors (Lipinski definition) is 2. The fraction of sp³-hybridized carbons (Fsp3) is 0.810. The van der Waals surface area contributed by atoms with Crippen LogP contribution in [0.15, 0.2) is 23.5 Å². The Kier molecular flexibility index (Phi) is 2.94. The summed E-state index contributed by atoms with van der Waals surface area (Å²) in [5.74, 6) is 2.03. The average Bonchev–Trinajstić information content (AvgIpc) is 2.71. The van der Waals surface area contributed by atoms with Crippen molar-refractivity contribution in [2.24, 2.45) is 28.6 Å². The third kappa shape index (κ3) is 2.17. The van der Waals surface area contributed by atoms with Gasteiger partial charge in [-0.1, -0.05) is 19.9 Å². The Bertz CT molecular complexity index is 668. The van der Waals surface area contributed by atoms with E-state index in [0.717, 1.165) is 37.9 Å². The lowest BCUT2D eigenvalue weighted by molar-refractivity contribution is -0.0635. The largest absolute Gasteiger partial charge is 0.498 e. The lowest BCUT2D eigenvalue weighted by Gasteiger charge is -2.56. The number of aliphatic hydroxyl groups is 1. The van der Waals surface area contributed by atoms with E-state index in [0.29, 0.717) is 24.9 Å². The molecule has 0 aromatic rings. The van der Waals surface area contributed by atoms with Crippen LogP contribution in [0, 0.1) is 28.6 Å². The molecular weight excluding hydrogens is 284 g/mol. The highest BCUT2D eigenvalue weighted by Gasteiger charge is 2.58. The van der Waals surface area contributed by atoms with E-state index in [1.807, 2.05) is 13.8 Å². The monoisotopic (exact) mass is 319 g/mol. The molecule has 6 atom stereocenters. The molecule has 2 fully saturated rings. The maximum atomic E-state index is 10.8. The quantitative estimate of drug-likeness (QED) is 0.789. The minimum absolute atomic E-state index is 0.0747. The van der Waals surface area contributed by atoms with Gasteiger partial charge in [0.2, 0.25) is 0 Å². The minimum Gasteiger partial charge on any atom is -0.498 e. The van der Waals surface area contributed by atoms with Gasteiger partial charge >= 0.3 is 0 Å². The van der Waals surface area contributed by atoms with Gasteiger partial charge in [-0.25, -0.2) is 0 Å². The zero-order valence-corrected chi connectivity index (χ0v) is 14.7. The van der Waals surface area contributed by atoms with Gasteiger partial charge in [-0.2, -0.15) is 0 Å². The molecule has 1 N–H and O–H groups in total. The number of hydrogen-bond donors (Lipinski definition) is 1. The first-order chi connectivity index (χ1) is 12.1. The normalized spacial score (nSPS) is 56.0. The fourth-order valence-electron chi connectivity index (χ4n) is 6.00. The second kappa shape index (κ2) is 5.37. The van der Waals surface area contributed by atoms with Crippen LogP contribution in [-0.4, -0.2) is 17.8 Å². The topological polar surface area (TPSA) is 29.5 Å². The van der Waals surface area contributed by atoms with Crippen LogP contribution in [-0.2, 0) is 4.74 Å². The Morgan fingerprint density at radius 2 is 2.17 bits per heavy atom. The van der Waals surface area contributed by atoms with E-state index >= 15 is 0 Å². The van der Waals surface area contributed by atoms with Crippen molar-refractivity contribution >= 4 is 0 Å². The van der Waals surface area contributed by atoms with Gasteiger partial charge in [-0.05, 0) is 85.6 Å². The Morgan fingerprint density at radius 1 is 1.35 bits per heavy atom. The average molecular weight is 320 g/mol. The SMILES string of the molecule is [2H]C1([2H])C[C@@H]2[C@H]3CC=C4C=C(OCC)CC[C@@]4(C)[C@@H]3CC[C@@]2(C)C1([2H])O. The summed E-state index contributed by atoms with van der Waals surface area (Å²) in [6.45, 7) is 7.06. The smallest absolute Gasteiger partial charge is 0.0962 e. The molecule has 0 saturated heterocycles. The van der Waals surface area contributed by atoms with E-state index in [9.17, 15) is 5.11 Å². The predicted molar refractivity (Wildman–Crippen MR) is 92.8 cm³/mol. The third-order valence-corrected chi connectivity index (χ3v) is 7.48. The lowest BCUT2D eigenvalue weighted by Crippen LogP contribution is -2.50. The molecule has 1 unspecified atom stereocenters. The van der Waals surface area contributed by atoms with Crippen LogP contribution in [0.1, 0.15) is 69.8 Å². The Morgan fingerprint density at radius 3 is 2.96 bits per heavy atom. The van der Waals surface area contributed by atoms with Crippen LogP contribution >= 0.6 is 0 Å². The number of allylic oxidation sites excluding steroid dienone is 4. The Balaban J connectivity index is 1.70. The molecule has 4 aliphatic rings. The summed E-state index contributed by atoms with van der Waals surface area (Å²) in [5, 5.41) is 10.8. The van der Waals surface area contributed by atoms with Gasteiger partial charge in [0, 0.05) is 9.16 Å².